The van der Waals surface area contributed by atoms with Crippen molar-refractivity contribution < 1.29 is 9.21 Å². The van der Waals surface area contributed by atoms with Gasteiger partial charge in [0.15, 0.2) is 0 Å². The van der Waals surface area contributed by atoms with E-state index in [0.29, 0.717) is 12.3 Å². The van der Waals surface area contributed by atoms with Gasteiger partial charge in [-0.25, -0.2) is 0 Å². The minimum absolute atomic E-state index is 0.0362. The fourth-order valence-corrected chi connectivity index (χ4v) is 2.52. The second-order valence-electron chi connectivity index (χ2n) is 4.34. The quantitative estimate of drug-likeness (QED) is 0.880. The molecule has 0 radical (unpaired) electrons. The largest absolute Gasteiger partial charge is 0.467 e. The molecule has 0 aliphatic heterocycles. The highest BCUT2D eigenvalue weighted by Crippen LogP contribution is 2.13. The van der Waals surface area contributed by atoms with Crippen LogP contribution in [0.3, 0.4) is 0 Å². The first-order valence-electron chi connectivity index (χ1n) is 6.16. The van der Waals surface area contributed by atoms with Crippen LogP contribution in [0.4, 0.5) is 0 Å². The average molecular weight is 275 g/mol. The number of hydrogen-bond donors (Lipinski definition) is 1. The first-order chi connectivity index (χ1) is 9.24. The number of thioether (sulfide) groups is 1. The molecular formula is C15H17NO2S. The van der Waals surface area contributed by atoms with E-state index in [0.717, 1.165) is 11.5 Å². The van der Waals surface area contributed by atoms with Crippen molar-refractivity contribution in [2.75, 3.05) is 5.75 Å². The van der Waals surface area contributed by atoms with E-state index in [9.17, 15) is 4.79 Å². The highest BCUT2D eigenvalue weighted by atomic mass is 32.2. The predicted octanol–water partition coefficient (Wildman–Crippen LogP) is 3.14. The third-order valence-electron chi connectivity index (χ3n) is 2.62. The molecular weight excluding hydrogens is 258 g/mol. The van der Waals surface area contributed by atoms with Crippen molar-refractivity contribution in [1.29, 1.82) is 0 Å². The highest BCUT2D eigenvalue weighted by molar-refractivity contribution is 7.99. The molecule has 1 aromatic heterocycles. The van der Waals surface area contributed by atoms with E-state index < -0.39 is 0 Å². The van der Waals surface area contributed by atoms with Gasteiger partial charge in [-0.1, -0.05) is 29.8 Å². The molecule has 0 aliphatic rings. The molecule has 0 fully saturated rings. The van der Waals surface area contributed by atoms with Gasteiger partial charge < -0.3 is 9.73 Å². The van der Waals surface area contributed by atoms with Gasteiger partial charge in [0.2, 0.25) is 5.91 Å². The maximum absolute atomic E-state index is 11.6. The zero-order valence-corrected chi connectivity index (χ0v) is 11.7. The average Bonchev–Trinajstić information content (AvgIpc) is 2.89. The molecule has 3 nitrogen and oxygen atoms in total. The van der Waals surface area contributed by atoms with Gasteiger partial charge in [-0.15, -0.1) is 11.8 Å². The van der Waals surface area contributed by atoms with Crippen molar-refractivity contribution in [3.05, 3.63) is 59.5 Å². The molecule has 19 heavy (non-hydrogen) atoms. The van der Waals surface area contributed by atoms with Crippen molar-refractivity contribution in [1.82, 2.24) is 5.32 Å². The molecule has 2 rings (SSSR count). The minimum Gasteiger partial charge on any atom is -0.467 e. The summed E-state index contributed by atoms with van der Waals surface area (Å²) in [6.07, 6.45) is 1.61. The van der Waals surface area contributed by atoms with Gasteiger partial charge in [0.25, 0.3) is 0 Å². The summed E-state index contributed by atoms with van der Waals surface area (Å²) in [6.45, 7) is 2.53. The Balaban J connectivity index is 1.66. The number of carbonyl (C=O) groups excluding carboxylic acids is 1. The number of carbonyl (C=O) groups is 1. The van der Waals surface area contributed by atoms with Crippen LogP contribution in [0.5, 0.6) is 0 Å². The van der Waals surface area contributed by atoms with Gasteiger partial charge in [0.05, 0.1) is 18.6 Å². The molecule has 0 unspecified atom stereocenters. The van der Waals surface area contributed by atoms with Crippen LogP contribution < -0.4 is 5.32 Å². The predicted molar refractivity (Wildman–Crippen MR) is 77.9 cm³/mol. The Hall–Kier alpha value is -1.68. The molecule has 0 bridgehead atoms. The smallest absolute Gasteiger partial charge is 0.230 e. The second-order valence-corrected chi connectivity index (χ2v) is 5.32. The number of furan rings is 1. The van der Waals surface area contributed by atoms with Crippen molar-refractivity contribution >= 4 is 17.7 Å². The lowest BCUT2D eigenvalue weighted by atomic mass is 10.2. The Labute approximate surface area is 117 Å². The van der Waals surface area contributed by atoms with Crippen molar-refractivity contribution in [2.24, 2.45) is 0 Å². The third kappa shape index (κ3) is 4.83. The van der Waals surface area contributed by atoms with E-state index in [4.69, 9.17) is 4.42 Å². The Kier molecular flexibility index (Phi) is 5.10. The van der Waals surface area contributed by atoms with Crippen LogP contribution in [0.25, 0.3) is 0 Å². The van der Waals surface area contributed by atoms with E-state index in [1.165, 1.54) is 11.1 Å². The number of nitrogens with one attached hydrogen (secondary N) is 1. The van der Waals surface area contributed by atoms with Crippen LogP contribution >= 0.6 is 11.8 Å². The van der Waals surface area contributed by atoms with Gasteiger partial charge >= 0.3 is 0 Å². The first kappa shape index (κ1) is 13.7. The normalized spacial score (nSPS) is 10.4. The van der Waals surface area contributed by atoms with Gasteiger partial charge in [0, 0.05) is 5.75 Å². The lowest BCUT2D eigenvalue weighted by Crippen LogP contribution is -2.24. The molecule has 0 spiro atoms. The molecule has 0 saturated carbocycles. The molecule has 0 atom stereocenters. The van der Waals surface area contributed by atoms with E-state index >= 15 is 0 Å². The van der Waals surface area contributed by atoms with Crippen LogP contribution in [0.1, 0.15) is 16.9 Å². The Morgan fingerprint density at radius 2 is 2.21 bits per heavy atom. The number of hydrogen-bond acceptors (Lipinski definition) is 3. The molecule has 100 valence electrons. The first-order valence-corrected chi connectivity index (χ1v) is 7.32. The zero-order chi connectivity index (χ0) is 13.5. The molecule has 0 saturated heterocycles. The van der Waals surface area contributed by atoms with Crippen LogP contribution in [0, 0.1) is 6.92 Å². The van der Waals surface area contributed by atoms with Crippen molar-refractivity contribution in [3.8, 4) is 0 Å². The summed E-state index contributed by atoms with van der Waals surface area (Å²) >= 11 is 1.62. The number of benzene rings is 1. The standard InChI is InChI=1S/C15H17NO2S/c1-12-4-2-5-13(8-12)10-19-11-15(17)16-9-14-6-3-7-18-14/h2-8H,9-11H2,1H3,(H,16,17). The van der Waals surface area contributed by atoms with E-state index in [2.05, 4.69) is 30.4 Å². The van der Waals surface area contributed by atoms with Crippen LogP contribution in [-0.2, 0) is 17.1 Å². The molecule has 2 aromatic rings. The molecule has 4 heteroatoms. The molecule has 1 amide bonds. The molecule has 1 N–H and O–H groups in total. The van der Waals surface area contributed by atoms with E-state index in [1.54, 1.807) is 18.0 Å². The van der Waals surface area contributed by atoms with Crippen LogP contribution in [0.15, 0.2) is 47.1 Å². The number of rotatable bonds is 6. The van der Waals surface area contributed by atoms with Gasteiger partial charge in [-0.2, -0.15) is 0 Å². The van der Waals surface area contributed by atoms with Crippen LogP contribution in [0.2, 0.25) is 0 Å². The number of aryl methyl sites for hydroxylation is 1. The zero-order valence-electron chi connectivity index (χ0n) is 10.9. The lowest BCUT2D eigenvalue weighted by Gasteiger charge is -2.04. The minimum atomic E-state index is 0.0362. The molecule has 1 heterocycles. The van der Waals surface area contributed by atoms with Gasteiger partial charge in [-0.3, -0.25) is 4.79 Å². The summed E-state index contributed by atoms with van der Waals surface area (Å²) < 4.78 is 5.15. The summed E-state index contributed by atoms with van der Waals surface area (Å²) in [5, 5.41) is 2.83. The van der Waals surface area contributed by atoms with E-state index in [-0.39, 0.29) is 5.91 Å². The fourth-order valence-electron chi connectivity index (χ4n) is 1.71. The Morgan fingerprint density at radius 1 is 1.32 bits per heavy atom. The third-order valence-corrected chi connectivity index (χ3v) is 3.63. The summed E-state index contributed by atoms with van der Waals surface area (Å²) in [6, 6.07) is 12.0. The van der Waals surface area contributed by atoms with Crippen molar-refractivity contribution in [2.45, 2.75) is 19.2 Å². The second kappa shape index (κ2) is 7.04. The topological polar surface area (TPSA) is 42.2 Å². The Morgan fingerprint density at radius 3 is 2.95 bits per heavy atom. The summed E-state index contributed by atoms with van der Waals surface area (Å²) in [5.41, 5.74) is 2.50. The Bertz CT molecular complexity index is 523. The van der Waals surface area contributed by atoms with Crippen molar-refractivity contribution in [3.63, 3.8) is 0 Å². The molecule has 1 aromatic carbocycles. The lowest BCUT2D eigenvalue weighted by molar-refractivity contribution is -0.118. The van der Waals surface area contributed by atoms with Gasteiger partial charge in [0.1, 0.15) is 5.76 Å². The SMILES string of the molecule is Cc1cccc(CSCC(=O)NCc2ccco2)c1. The summed E-state index contributed by atoms with van der Waals surface area (Å²) in [7, 11) is 0. The van der Waals surface area contributed by atoms with Crippen LogP contribution in [-0.4, -0.2) is 11.7 Å². The maximum atomic E-state index is 11.6. The maximum Gasteiger partial charge on any atom is 0.230 e. The van der Waals surface area contributed by atoms with E-state index in [1.807, 2.05) is 18.2 Å². The summed E-state index contributed by atoms with van der Waals surface area (Å²) in [4.78, 5) is 11.6. The number of amides is 1. The highest BCUT2D eigenvalue weighted by Gasteiger charge is 2.03. The van der Waals surface area contributed by atoms with Gasteiger partial charge in [-0.05, 0) is 24.6 Å². The monoisotopic (exact) mass is 275 g/mol. The summed E-state index contributed by atoms with van der Waals surface area (Å²) in [5.74, 6) is 2.14. The fraction of sp³-hybridized carbons (Fsp3) is 0.267. The molecule has 0 aliphatic carbocycles.